The van der Waals surface area contributed by atoms with Crippen molar-refractivity contribution in [2.45, 2.75) is 20.1 Å². The molecule has 0 aliphatic heterocycles. The van der Waals surface area contributed by atoms with Crippen molar-refractivity contribution in [3.8, 4) is 11.5 Å². The maximum atomic E-state index is 9.32. The van der Waals surface area contributed by atoms with Gasteiger partial charge in [0.15, 0.2) is 11.5 Å². The van der Waals surface area contributed by atoms with Gasteiger partial charge in [0.25, 0.3) is 0 Å². The van der Waals surface area contributed by atoms with E-state index in [0.29, 0.717) is 35.3 Å². The van der Waals surface area contributed by atoms with E-state index < -0.39 is 0 Å². The first-order chi connectivity index (χ1) is 11.7. The number of halogens is 1. The fourth-order valence-electron chi connectivity index (χ4n) is 2.68. The van der Waals surface area contributed by atoms with Crippen LogP contribution in [0.5, 0.6) is 11.5 Å². The molecule has 0 fully saturated rings. The average Bonchev–Trinajstić information content (AvgIpc) is 2.61. The fourth-order valence-corrected chi connectivity index (χ4v) is 2.97. The first kappa shape index (κ1) is 16.6. The van der Waals surface area contributed by atoms with Crippen LogP contribution in [0.15, 0.2) is 54.6 Å². The van der Waals surface area contributed by atoms with Crippen LogP contribution < -0.4 is 9.47 Å². The van der Waals surface area contributed by atoms with Gasteiger partial charge in [-0.1, -0.05) is 54.1 Å². The van der Waals surface area contributed by atoms with Crippen LogP contribution in [-0.2, 0) is 13.2 Å². The quantitative estimate of drug-likeness (QED) is 0.687. The Balaban J connectivity index is 1.91. The molecule has 0 saturated carbocycles. The molecule has 3 aromatic rings. The van der Waals surface area contributed by atoms with Crippen LogP contribution in [-0.4, -0.2) is 11.7 Å². The maximum absolute atomic E-state index is 9.32. The van der Waals surface area contributed by atoms with Crippen molar-refractivity contribution in [1.29, 1.82) is 0 Å². The Bertz CT molecular complexity index is 840. The van der Waals surface area contributed by atoms with Crippen molar-refractivity contribution < 1.29 is 14.6 Å². The Morgan fingerprint density at radius 2 is 1.79 bits per heavy atom. The first-order valence-corrected chi connectivity index (χ1v) is 8.26. The van der Waals surface area contributed by atoms with Crippen LogP contribution in [0.1, 0.15) is 18.1 Å². The lowest BCUT2D eigenvalue weighted by Gasteiger charge is -2.15. The van der Waals surface area contributed by atoms with Gasteiger partial charge in [0.05, 0.1) is 18.2 Å². The number of aliphatic hydroxyl groups is 1. The van der Waals surface area contributed by atoms with E-state index in [1.54, 1.807) is 12.1 Å². The normalized spacial score (nSPS) is 10.8. The number of benzene rings is 3. The van der Waals surface area contributed by atoms with Crippen molar-refractivity contribution in [1.82, 2.24) is 0 Å². The van der Waals surface area contributed by atoms with E-state index in [2.05, 4.69) is 18.2 Å². The Hall–Kier alpha value is -2.23. The summed E-state index contributed by atoms with van der Waals surface area (Å²) in [6, 6.07) is 17.8. The van der Waals surface area contributed by atoms with Gasteiger partial charge in [-0.25, -0.2) is 0 Å². The molecule has 0 spiro atoms. The fraction of sp³-hybridized carbons (Fsp3) is 0.200. The summed E-state index contributed by atoms with van der Waals surface area (Å²) in [7, 11) is 0. The first-order valence-electron chi connectivity index (χ1n) is 7.88. The van der Waals surface area contributed by atoms with Crippen LogP contribution in [0.2, 0.25) is 5.02 Å². The standard InChI is InChI=1S/C20H19ClO3/c1-2-23-19-11-14(12-22)10-18(21)20(19)24-13-16-8-5-7-15-6-3-4-9-17(15)16/h3-11,22H,2,12-13H2,1H3. The zero-order chi connectivity index (χ0) is 16.9. The van der Waals surface area contributed by atoms with Crippen LogP contribution in [0.3, 0.4) is 0 Å². The molecule has 0 heterocycles. The third kappa shape index (κ3) is 3.48. The van der Waals surface area contributed by atoms with Gasteiger partial charge in [-0.2, -0.15) is 0 Å². The van der Waals surface area contributed by atoms with Gasteiger partial charge in [0.2, 0.25) is 0 Å². The molecule has 0 atom stereocenters. The Kier molecular flexibility index (Phi) is 5.24. The second-order valence-corrected chi connectivity index (χ2v) is 5.83. The third-order valence-corrected chi connectivity index (χ3v) is 4.08. The monoisotopic (exact) mass is 342 g/mol. The molecule has 4 heteroatoms. The molecule has 0 bridgehead atoms. The number of hydrogen-bond acceptors (Lipinski definition) is 3. The maximum Gasteiger partial charge on any atom is 0.180 e. The lowest BCUT2D eigenvalue weighted by atomic mass is 10.1. The average molecular weight is 343 g/mol. The van der Waals surface area contributed by atoms with E-state index in [4.69, 9.17) is 21.1 Å². The highest BCUT2D eigenvalue weighted by Crippen LogP contribution is 2.37. The van der Waals surface area contributed by atoms with E-state index in [-0.39, 0.29) is 6.61 Å². The minimum Gasteiger partial charge on any atom is -0.490 e. The molecular weight excluding hydrogens is 324 g/mol. The minimum atomic E-state index is -0.0939. The molecular formula is C20H19ClO3. The zero-order valence-electron chi connectivity index (χ0n) is 13.5. The number of rotatable bonds is 6. The van der Waals surface area contributed by atoms with Crippen LogP contribution in [0.25, 0.3) is 10.8 Å². The highest BCUT2D eigenvalue weighted by atomic mass is 35.5. The SMILES string of the molecule is CCOc1cc(CO)cc(Cl)c1OCc1cccc2ccccc12. The molecule has 0 radical (unpaired) electrons. The minimum absolute atomic E-state index is 0.0939. The topological polar surface area (TPSA) is 38.7 Å². The number of aliphatic hydroxyl groups excluding tert-OH is 1. The molecule has 24 heavy (non-hydrogen) atoms. The van der Waals surface area contributed by atoms with Crippen LogP contribution in [0.4, 0.5) is 0 Å². The molecule has 0 aromatic heterocycles. The number of hydrogen-bond donors (Lipinski definition) is 1. The second kappa shape index (κ2) is 7.56. The van der Waals surface area contributed by atoms with E-state index in [0.717, 1.165) is 10.9 Å². The van der Waals surface area contributed by atoms with E-state index in [9.17, 15) is 5.11 Å². The lowest BCUT2D eigenvalue weighted by Crippen LogP contribution is -2.02. The van der Waals surface area contributed by atoms with Gasteiger partial charge >= 0.3 is 0 Å². The van der Waals surface area contributed by atoms with Gasteiger partial charge in [0, 0.05) is 0 Å². The molecule has 1 N–H and O–H groups in total. The molecule has 3 aromatic carbocycles. The Morgan fingerprint density at radius 3 is 2.58 bits per heavy atom. The smallest absolute Gasteiger partial charge is 0.180 e. The predicted molar refractivity (Wildman–Crippen MR) is 96.8 cm³/mol. The molecule has 0 aliphatic carbocycles. The third-order valence-electron chi connectivity index (χ3n) is 3.80. The van der Waals surface area contributed by atoms with Gasteiger partial charge in [-0.05, 0) is 41.0 Å². The second-order valence-electron chi connectivity index (χ2n) is 5.42. The zero-order valence-corrected chi connectivity index (χ0v) is 14.2. The summed E-state index contributed by atoms with van der Waals surface area (Å²) in [5.74, 6) is 1.05. The van der Waals surface area contributed by atoms with Gasteiger partial charge in [0.1, 0.15) is 6.61 Å². The molecule has 3 rings (SSSR count). The summed E-state index contributed by atoms with van der Waals surface area (Å²) in [6.07, 6.45) is 0. The van der Waals surface area contributed by atoms with Gasteiger partial charge in [-0.15, -0.1) is 0 Å². The summed E-state index contributed by atoms with van der Waals surface area (Å²) < 4.78 is 11.6. The van der Waals surface area contributed by atoms with Gasteiger partial charge in [-0.3, -0.25) is 0 Å². The van der Waals surface area contributed by atoms with Crippen molar-refractivity contribution in [3.63, 3.8) is 0 Å². The van der Waals surface area contributed by atoms with Crippen LogP contribution in [0, 0.1) is 0 Å². The molecule has 0 aliphatic rings. The largest absolute Gasteiger partial charge is 0.490 e. The number of fused-ring (bicyclic) bond motifs is 1. The van der Waals surface area contributed by atoms with Crippen molar-refractivity contribution in [2.24, 2.45) is 0 Å². The summed E-state index contributed by atoms with van der Waals surface area (Å²) in [4.78, 5) is 0. The van der Waals surface area contributed by atoms with E-state index >= 15 is 0 Å². The highest BCUT2D eigenvalue weighted by molar-refractivity contribution is 6.32. The lowest BCUT2D eigenvalue weighted by molar-refractivity contribution is 0.264. The summed E-state index contributed by atoms with van der Waals surface area (Å²) >= 11 is 6.32. The van der Waals surface area contributed by atoms with Crippen molar-refractivity contribution >= 4 is 22.4 Å². The van der Waals surface area contributed by atoms with E-state index in [1.807, 2.05) is 31.2 Å². The Morgan fingerprint density at radius 1 is 1.00 bits per heavy atom. The molecule has 0 unspecified atom stereocenters. The highest BCUT2D eigenvalue weighted by Gasteiger charge is 2.13. The predicted octanol–water partition coefficient (Wildman–Crippen LogP) is 4.96. The molecule has 124 valence electrons. The summed E-state index contributed by atoms with van der Waals surface area (Å²) in [5.41, 5.74) is 1.78. The summed E-state index contributed by atoms with van der Waals surface area (Å²) in [5, 5.41) is 12.1. The van der Waals surface area contributed by atoms with Gasteiger partial charge < -0.3 is 14.6 Å². The van der Waals surface area contributed by atoms with E-state index in [1.165, 1.54) is 5.39 Å². The van der Waals surface area contributed by atoms with Crippen molar-refractivity contribution in [2.75, 3.05) is 6.61 Å². The Labute approximate surface area is 146 Å². The molecule has 3 nitrogen and oxygen atoms in total. The molecule has 0 amide bonds. The summed E-state index contributed by atoms with van der Waals surface area (Å²) in [6.45, 7) is 2.69. The number of ether oxygens (including phenoxy) is 2. The van der Waals surface area contributed by atoms with Crippen LogP contribution >= 0.6 is 11.6 Å². The molecule has 0 saturated heterocycles. The van der Waals surface area contributed by atoms with Crippen molar-refractivity contribution in [3.05, 3.63) is 70.7 Å².